The minimum atomic E-state index is -3.58. The van der Waals surface area contributed by atoms with Crippen molar-refractivity contribution < 1.29 is 8.42 Å². The molecule has 6 heteroatoms. The van der Waals surface area contributed by atoms with Crippen molar-refractivity contribution in [1.29, 1.82) is 0 Å². The van der Waals surface area contributed by atoms with Crippen LogP contribution in [0.1, 0.15) is 23.6 Å². The lowest BCUT2D eigenvalue weighted by Crippen LogP contribution is -2.27. The number of nitrogens with one attached hydrogen (secondary N) is 1. The van der Waals surface area contributed by atoms with Crippen molar-refractivity contribution in [3.63, 3.8) is 0 Å². The number of sulfonamides is 1. The van der Waals surface area contributed by atoms with Crippen molar-refractivity contribution in [2.75, 3.05) is 31.9 Å². The van der Waals surface area contributed by atoms with Gasteiger partial charge in [-0.2, -0.15) is 0 Å². The average molecular weight is 374 g/mol. The summed E-state index contributed by atoms with van der Waals surface area (Å²) in [4.78, 5) is 4.81. The summed E-state index contributed by atoms with van der Waals surface area (Å²) in [5, 5.41) is 0. The van der Waals surface area contributed by atoms with Gasteiger partial charge >= 0.3 is 0 Å². The number of fused-ring (bicyclic) bond motifs is 1. The summed E-state index contributed by atoms with van der Waals surface area (Å²) in [6.07, 6.45) is 0.892. The molecule has 2 aromatic rings. The molecule has 1 N–H and O–H groups in total. The first-order valence-corrected chi connectivity index (χ1v) is 10.5. The number of likely N-dealkylation sites (N-methyl/N-ethyl adjacent to an activating group) is 1. The standard InChI is InChI=1S/C20H27N3O2S/c1-4-16-8-10-18(11-9-16)26(24,25)21-20-7-5-6-17-14-23(15-19(17)20)13-12-22(2)3/h5-11,21H,4,12-15H2,1-3H3. The molecular weight excluding hydrogens is 346 g/mol. The Morgan fingerprint density at radius 3 is 2.46 bits per heavy atom. The molecule has 5 nitrogen and oxygen atoms in total. The Morgan fingerprint density at radius 1 is 1.08 bits per heavy atom. The van der Waals surface area contributed by atoms with Gasteiger partial charge in [-0.1, -0.05) is 31.2 Å². The Bertz CT molecular complexity index is 861. The van der Waals surface area contributed by atoms with Crippen molar-refractivity contribution >= 4 is 15.7 Å². The molecule has 0 atom stereocenters. The number of hydrogen-bond donors (Lipinski definition) is 1. The predicted molar refractivity (Wildman–Crippen MR) is 106 cm³/mol. The summed E-state index contributed by atoms with van der Waals surface area (Å²) in [5.74, 6) is 0. The van der Waals surface area contributed by atoms with Crippen molar-refractivity contribution in [2.45, 2.75) is 31.3 Å². The Labute approximate surface area is 156 Å². The van der Waals surface area contributed by atoms with Crippen LogP contribution in [-0.2, 0) is 29.5 Å². The largest absolute Gasteiger partial charge is 0.308 e. The predicted octanol–water partition coefficient (Wildman–Crippen LogP) is 2.93. The smallest absolute Gasteiger partial charge is 0.261 e. The monoisotopic (exact) mass is 373 g/mol. The molecule has 0 spiro atoms. The maximum absolute atomic E-state index is 12.8. The third-order valence-electron chi connectivity index (χ3n) is 4.80. The van der Waals surface area contributed by atoms with Gasteiger partial charge in [0.2, 0.25) is 0 Å². The van der Waals surface area contributed by atoms with Gasteiger partial charge in [0.1, 0.15) is 0 Å². The van der Waals surface area contributed by atoms with Crippen LogP contribution in [0.3, 0.4) is 0 Å². The second kappa shape index (κ2) is 7.78. The number of hydrogen-bond acceptors (Lipinski definition) is 4. The molecule has 1 aliphatic rings. The highest BCUT2D eigenvalue weighted by Crippen LogP contribution is 2.30. The fourth-order valence-electron chi connectivity index (χ4n) is 3.19. The zero-order chi connectivity index (χ0) is 18.7. The number of nitrogens with zero attached hydrogens (tertiary/aromatic N) is 2. The van der Waals surface area contributed by atoms with Crippen LogP contribution in [0.4, 0.5) is 5.69 Å². The first-order valence-electron chi connectivity index (χ1n) is 8.98. The zero-order valence-electron chi connectivity index (χ0n) is 15.7. The van der Waals surface area contributed by atoms with Crippen molar-refractivity contribution in [1.82, 2.24) is 9.80 Å². The topological polar surface area (TPSA) is 52.7 Å². The van der Waals surface area contributed by atoms with Gasteiger partial charge in [0.05, 0.1) is 10.6 Å². The van der Waals surface area contributed by atoms with Crippen LogP contribution in [0.2, 0.25) is 0 Å². The molecule has 0 aromatic heterocycles. The maximum Gasteiger partial charge on any atom is 0.261 e. The lowest BCUT2D eigenvalue weighted by atomic mass is 10.1. The average Bonchev–Trinajstić information content (AvgIpc) is 3.04. The summed E-state index contributed by atoms with van der Waals surface area (Å²) in [6, 6.07) is 12.9. The van der Waals surface area contributed by atoms with Crippen LogP contribution >= 0.6 is 0 Å². The van der Waals surface area contributed by atoms with Gasteiger partial charge in [-0.25, -0.2) is 8.42 Å². The molecule has 1 heterocycles. The quantitative estimate of drug-likeness (QED) is 0.811. The van der Waals surface area contributed by atoms with Crippen molar-refractivity contribution in [3.8, 4) is 0 Å². The van der Waals surface area contributed by atoms with E-state index < -0.39 is 10.0 Å². The van der Waals surface area contributed by atoms with E-state index in [1.54, 1.807) is 12.1 Å². The van der Waals surface area contributed by atoms with Gasteiger partial charge in [-0.15, -0.1) is 0 Å². The van der Waals surface area contributed by atoms with Gasteiger partial charge < -0.3 is 4.90 Å². The minimum absolute atomic E-state index is 0.301. The summed E-state index contributed by atoms with van der Waals surface area (Å²) >= 11 is 0. The van der Waals surface area contributed by atoms with Crippen LogP contribution < -0.4 is 4.72 Å². The van der Waals surface area contributed by atoms with Crippen molar-refractivity contribution in [2.24, 2.45) is 0 Å². The molecule has 0 unspecified atom stereocenters. The van der Waals surface area contributed by atoms with Gasteiger partial charge in [-0.3, -0.25) is 9.62 Å². The third-order valence-corrected chi connectivity index (χ3v) is 6.18. The molecule has 140 valence electrons. The maximum atomic E-state index is 12.8. The normalized spacial score (nSPS) is 14.6. The summed E-state index contributed by atoms with van der Waals surface area (Å²) in [5.41, 5.74) is 4.10. The molecule has 0 bridgehead atoms. The SMILES string of the molecule is CCc1ccc(S(=O)(=O)Nc2cccc3c2CN(CCN(C)C)C3)cc1. The first-order chi connectivity index (χ1) is 12.4. The zero-order valence-corrected chi connectivity index (χ0v) is 16.5. The summed E-state index contributed by atoms with van der Waals surface area (Å²) in [6.45, 7) is 5.64. The molecule has 0 fully saturated rings. The number of aryl methyl sites for hydroxylation is 1. The Balaban J connectivity index is 1.78. The highest BCUT2D eigenvalue weighted by molar-refractivity contribution is 7.92. The molecule has 0 amide bonds. The summed E-state index contributed by atoms with van der Waals surface area (Å²) in [7, 11) is 0.544. The van der Waals surface area contributed by atoms with Crippen molar-refractivity contribution in [3.05, 3.63) is 59.2 Å². The van der Waals surface area contributed by atoms with Crippen LogP contribution in [0, 0.1) is 0 Å². The lowest BCUT2D eigenvalue weighted by Gasteiger charge is -2.18. The van der Waals surface area contributed by atoms with Crippen LogP contribution in [0.15, 0.2) is 47.4 Å². The number of anilines is 1. The molecule has 0 saturated carbocycles. The minimum Gasteiger partial charge on any atom is -0.308 e. The fraction of sp³-hybridized carbons (Fsp3) is 0.400. The van der Waals surface area contributed by atoms with E-state index >= 15 is 0 Å². The third kappa shape index (κ3) is 4.26. The molecule has 0 aliphatic carbocycles. The van der Waals surface area contributed by atoms with E-state index in [1.807, 2.05) is 24.3 Å². The van der Waals surface area contributed by atoms with Crippen LogP contribution in [-0.4, -0.2) is 45.4 Å². The van der Waals surface area contributed by atoms with E-state index in [0.717, 1.165) is 43.7 Å². The van der Waals surface area contributed by atoms with Gasteiger partial charge in [0.15, 0.2) is 0 Å². The Kier molecular flexibility index (Phi) is 5.65. The van der Waals surface area contributed by atoms with Gasteiger partial charge in [0.25, 0.3) is 10.0 Å². The van der Waals surface area contributed by atoms with E-state index in [4.69, 9.17) is 0 Å². The highest BCUT2D eigenvalue weighted by atomic mass is 32.2. The lowest BCUT2D eigenvalue weighted by molar-refractivity contribution is 0.246. The van der Waals surface area contributed by atoms with Gasteiger partial charge in [-0.05, 0) is 55.4 Å². The first kappa shape index (κ1) is 18.9. The second-order valence-corrected chi connectivity index (χ2v) is 8.74. The molecule has 26 heavy (non-hydrogen) atoms. The van der Waals surface area contributed by atoms with E-state index in [0.29, 0.717) is 10.6 Å². The van der Waals surface area contributed by atoms with E-state index in [2.05, 4.69) is 41.6 Å². The number of rotatable bonds is 7. The molecule has 0 saturated heterocycles. The fourth-order valence-corrected chi connectivity index (χ4v) is 4.29. The Hall–Kier alpha value is -1.89. The molecule has 2 aromatic carbocycles. The van der Waals surface area contributed by atoms with Crippen LogP contribution in [0.5, 0.6) is 0 Å². The molecular formula is C20H27N3O2S. The van der Waals surface area contributed by atoms with Crippen LogP contribution in [0.25, 0.3) is 0 Å². The van der Waals surface area contributed by atoms with Gasteiger partial charge in [0, 0.05) is 26.2 Å². The molecule has 1 aliphatic heterocycles. The summed E-state index contributed by atoms with van der Waals surface area (Å²) < 4.78 is 28.3. The van der Waals surface area contributed by atoms with E-state index in [1.165, 1.54) is 5.56 Å². The van der Waals surface area contributed by atoms with E-state index in [9.17, 15) is 8.42 Å². The van der Waals surface area contributed by atoms with E-state index in [-0.39, 0.29) is 0 Å². The Morgan fingerprint density at radius 2 is 1.81 bits per heavy atom. The highest BCUT2D eigenvalue weighted by Gasteiger charge is 2.24. The molecule has 0 radical (unpaired) electrons. The molecule has 3 rings (SSSR count). The second-order valence-electron chi connectivity index (χ2n) is 7.06. The number of benzene rings is 2.